The van der Waals surface area contributed by atoms with Crippen molar-refractivity contribution in [3.63, 3.8) is 0 Å². The third kappa shape index (κ3) is 4.39. The van der Waals surface area contributed by atoms with Crippen LogP contribution in [0.25, 0.3) is 0 Å². The van der Waals surface area contributed by atoms with Crippen LogP contribution in [0, 0.1) is 0 Å². The number of hydrogen-bond acceptors (Lipinski definition) is 5. The second-order valence-corrected chi connectivity index (χ2v) is 6.75. The standard InChI is InChI=1S/C17H21NO5S/c1-21-14-6-4-13(5-7-14)10-11-18-24(19,20)17-12-15(22-2)8-9-16(17)23-3/h4-9,12,18H,10-11H2,1-3H3. The van der Waals surface area contributed by atoms with Crippen molar-refractivity contribution < 1.29 is 22.6 Å². The summed E-state index contributed by atoms with van der Waals surface area (Å²) < 4.78 is 42.9. The van der Waals surface area contributed by atoms with Crippen LogP contribution < -0.4 is 18.9 Å². The second-order valence-electron chi connectivity index (χ2n) is 5.01. The molecule has 0 aromatic heterocycles. The smallest absolute Gasteiger partial charge is 0.244 e. The molecule has 130 valence electrons. The highest BCUT2D eigenvalue weighted by atomic mass is 32.2. The van der Waals surface area contributed by atoms with Gasteiger partial charge in [-0.05, 0) is 36.2 Å². The SMILES string of the molecule is COc1ccc(CCNS(=O)(=O)c2cc(OC)ccc2OC)cc1. The van der Waals surface area contributed by atoms with Gasteiger partial charge >= 0.3 is 0 Å². The molecule has 0 saturated heterocycles. The van der Waals surface area contributed by atoms with E-state index in [0.29, 0.717) is 12.2 Å². The number of hydrogen-bond donors (Lipinski definition) is 1. The fraction of sp³-hybridized carbons (Fsp3) is 0.294. The minimum absolute atomic E-state index is 0.0547. The van der Waals surface area contributed by atoms with Crippen molar-refractivity contribution in [3.05, 3.63) is 48.0 Å². The molecule has 2 aromatic rings. The van der Waals surface area contributed by atoms with Crippen LogP contribution in [0.15, 0.2) is 47.4 Å². The zero-order valence-electron chi connectivity index (χ0n) is 13.9. The van der Waals surface area contributed by atoms with Crippen molar-refractivity contribution in [2.24, 2.45) is 0 Å². The van der Waals surface area contributed by atoms with Crippen molar-refractivity contribution in [3.8, 4) is 17.2 Å². The minimum Gasteiger partial charge on any atom is -0.497 e. The molecule has 0 radical (unpaired) electrons. The first-order valence-electron chi connectivity index (χ1n) is 7.35. The van der Waals surface area contributed by atoms with Crippen LogP contribution >= 0.6 is 0 Å². The largest absolute Gasteiger partial charge is 0.497 e. The number of nitrogens with one attached hydrogen (secondary N) is 1. The number of ether oxygens (including phenoxy) is 3. The predicted octanol–water partition coefficient (Wildman–Crippen LogP) is 2.23. The quantitative estimate of drug-likeness (QED) is 0.789. The summed E-state index contributed by atoms with van der Waals surface area (Å²) in [5, 5.41) is 0. The van der Waals surface area contributed by atoms with Gasteiger partial charge in [-0.15, -0.1) is 0 Å². The molecule has 6 nitrogen and oxygen atoms in total. The van der Waals surface area contributed by atoms with Crippen molar-refractivity contribution in [2.75, 3.05) is 27.9 Å². The van der Waals surface area contributed by atoms with Gasteiger partial charge in [0.2, 0.25) is 10.0 Å². The second kappa shape index (κ2) is 8.03. The lowest BCUT2D eigenvalue weighted by molar-refractivity contribution is 0.392. The molecule has 2 aromatic carbocycles. The van der Waals surface area contributed by atoms with E-state index in [1.807, 2.05) is 24.3 Å². The van der Waals surface area contributed by atoms with Gasteiger partial charge in [0.05, 0.1) is 21.3 Å². The molecular weight excluding hydrogens is 330 g/mol. The van der Waals surface area contributed by atoms with E-state index in [-0.39, 0.29) is 17.2 Å². The monoisotopic (exact) mass is 351 g/mol. The first-order chi connectivity index (χ1) is 11.5. The Kier molecular flexibility index (Phi) is 6.05. The van der Waals surface area contributed by atoms with E-state index in [9.17, 15) is 8.42 Å². The van der Waals surface area contributed by atoms with Crippen LogP contribution in [0.1, 0.15) is 5.56 Å². The Morgan fingerprint density at radius 1 is 0.875 bits per heavy atom. The number of sulfonamides is 1. The molecule has 7 heteroatoms. The van der Waals surface area contributed by atoms with Crippen LogP contribution in [-0.2, 0) is 16.4 Å². The van der Waals surface area contributed by atoms with E-state index >= 15 is 0 Å². The average molecular weight is 351 g/mol. The summed E-state index contributed by atoms with van der Waals surface area (Å²) in [5.41, 5.74) is 1.01. The fourth-order valence-corrected chi connectivity index (χ4v) is 3.41. The third-order valence-electron chi connectivity index (χ3n) is 3.53. The van der Waals surface area contributed by atoms with Crippen LogP contribution in [0.4, 0.5) is 0 Å². The summed E-state index contributed by atoms with van der Waals surface area (Å²) in [6, 6.07) is 12.1. The maximum Gasteiger partial charge on any atom is 0.244 e. The lowest BCUT2D eigenvalue weighted by atomic mass is 10.1. The molecule has 1 N–H and O–H groups in total. The van der Waals surface area contributed by atoms with Gasteiger partial charge in [-0.3, -0.25) is 0 Å². The van der Waals surface area contributed by atoms with E-state index in [0.717, 1.165) is 11.3 Å². The zero-order chi connectivity index (χ0) is 17.6. The maximum absolute atomic E-state index is 12.5. The van der Waals surface area contributed by atoms with Crippen molar-refractivity contribution >= 4 is 10.0 Å². The van der Waals surface area contributed by atoms with Gasteiger partial charge in [-0.1, -0.05) is 12.1 Å². The Hall–Kier alpha value is -2.25. The molecule has 0 aliphatic heterocycles. The molecule has 0 amide bonds. The predicted molar refractivity (Wildman–Crippen MR) is 91.4 cm³/mol. The Morgan fingerprint density at radius 2 is 1.50 bits per heavy atom. The molecule has 24 heavy (non-hydrogen) atoms. The number of benzene rings is 2. The normalized spacial score (nSPS) is 11.1. The lowest BCUT2D eigenvalue weighted by Crippen LogP contribution is -2.26. The van der Waals surface area contributed by atoms with E-state index in [1.165, 1.54) is 20.3 Å². The van der Waals surface area contributed by atoms with Gasteiger partial charge < -0.3 is 14.2 Å². The van der Waals surface area contributed by atoms with E-state index in [2.05, 4.69) is 4.72 Å². The molecule has 0 heterocycles. The van der Waals surface area contributed by atoms with Gasteiger partial charge in [0, 0.05) is 12.6 Å². The van der Waals surface area contributed by atoms with E-state index in [4.69, 9.17) is 14.2 Å². The van der Waals surface area contributed by atoms with Crippen LogP contribution in [-0.4, -0.2) is 36.3 Å². The highest BCUT2D eigenvalue weighted by Crippen LogP contribution is 2.27. The van der Waals surface area contributed by atoms with Crippen LogP contribution in [0.5, 0.6) is 17.2 Å². The van der Waals surface area contributed by atoms with Crippen LogP contribution in [0.3, 0.4) is 0 Å². The molecule has 0 atom stereocenters. The molecule has 0 bridgehead atoms. The van der Waals surface area contributed by atoms with E-state index < -0.39 is 10.0 Å². The lowest BCUT2D eigenvalue weighted by Gasteiger charge is -2.12. The zero-order valence-corrected chi connectivity index (χ0v) is 14.7. The Labute approximate surface area is 142 Å². The minimum atomic E-state index is -3.70. The van der Waals surface area contributed by atoms with E-state index in [1.54, 1.807) is 19.2 Å². The molecule has 0 aliphatic carbocycles. The Morgan fingerprint density at radius 3 is 2.08 bits per heavy atom. The Bertz CT molecular complexity index is 772. The highest BCUT2D eigenvalue weighted by Gasteiger charge is 2.20. The van der Waals surface area contributed by atoms with Crippen molar-refractivity contribution in [2.45, 2.75) is 11.3 Å². The summed E-state index contributed by atoms with van der Waals surface area (Å²) in [4.78, 5) is 0.0547. The van der Waals surface area contributed by atoms with Crippen molar-refractivity contribution in [1.82, 2.24) is 4.72 Å². The van der Waals surface area contributed by atoms with Gasteiger partial charge in [0.25, 0.3) is 0 Å². The fourth-order valence-electron chi connectivity index (χ4n) is 2.19. The van der Waals surface area contributed by atoms with Gasteiger partial charge in [-0.25, -0.2) is 13.1 Å². The molecular formula is C17H21NO5S. The molecule has 0 unspecified atom stereocenters. The number of rotatable bonds is 8. The summed E-state index contributed by atoms with van der Waals surface area (Å²) in [5.74, 6) is 1.49. The topological polar surface area (TPSA) is 73.9 Å². The molecule has 0 aliphatic rings. The third-order valence-corrected chi connectivity index (χ3v) is 5.01. The van der Waals surface area contributed by atoms with Crippen molar-refractivity contribution in [1.29, 1.82) is 0 Å². The highest BCUT2D eigenvalue weighted by molar-refractivity contribution is 7.89. The van der Waals surface area contributed by atoms with Crippen LogP contribution in [0.2, 0.25) is 0 Å². The molecule has 0 spiro atoms. The molecule has 2 rings (SSSR count). The first kappa shape index (κ1) is 18.1. The van der Waals surface area contributed by atoms with Gasteiger partial charge in [-0.2, -0.15) is 0 Å². The summed E-state index contributed by atoms with van der Waals surface area (Å²) in [6.07, 6.45) is 0.565. The average Bonchev–Trinajstić information content (AvgIpc) is 2.61. The summed E-state index contributed by atoms with van der Waals surface area (Å²) >= 11 is 0. The summed E-state index contributed by atoms with van der Waals surface area (Å²) in [7, 11) is 0.814. The maximum atomic E-state index is 12.5. The van der Waals surface area contributed by atoms with Gasteiger partial charge in [0.1, 0.15) is 22.1 Å². The molecule has 0 saturated carbocycles. The number of methoxy groups -OCH3 is 3. The summed E-state index contributed by atoms with van der Waals surface area (Å²) in [6.45, 7) is 0.273. The van der Waals surface area contributed by atoms with Gasteiger partial charge in [0.15, 0.2) is 0 Å². The Balaban J connectivity index is 2.07. The molecule has 0 fully saturated rings. The first-order valence-corrected chi connectivity index (χ1v) is 8.83.